The second kappa shape index (κ2) is 3.58. The van der Waals surface area contributed by atoms with Gasteiger partial charge in [-0.25, -0.2) is 0 Å². The summed E-state index contributed by atoms with van der Waals surface area (Å²) < 4.78 is 1.07. The summed E-state index contributed by atoms with van der Waals surface area (Å²) in [6.45, 7) is 3.72. The van der Waals surface area contributed by atoms with Gasteiger partial charge in [0.05, 0.1) is 5.69 Å². The summed E-state index contributed by atoms with van der Waals surface area (Å²) in [7, 11) is 1.90. The molecule has 58 valence electrons. The lowest BCUT2D eigenvalue weighted by Gasteiger charge is -2.06. The van der Waals surface area contributed by atoms with E-state index in [0.717, 1.165) is 15.7 Å². The van der Waals surface area contributed by atoms with Crippen LogP contribution in [0.3, 0.4) is 0 Å². The van der Waals surface area contributed by atoms with E-state index in [2.05, 4.69) is 27.8 Å². The third kappa shape index (κ3) is 1.63. The van der Waals surface area contributed by atoms with Crippen LogP contribution in [0, 0.1) is 0 Å². The molecule has 0 fully saturated rings. The fraction of sp³-hybridized carbons (Fsp3) is 0.111. The molecule has 1 nitrogen and oxygen atoms in total. The number of nitrogens with one attached hydrogen (secondary N) is 1. The number of rotatable bonds is 2. The molecule has 0 saturated carbocycles. The Morgan fingerprint density at radius 1 is 1.55 bits per heavy atom. The predicted octanol–water partition coefficient (Wildman–Crippen LogP) is 3.13. The zero-order valence-corrected chi connectivity index (χ0v) is 7.98. The lowest BCUT2D eigenvalue weighted by molar-refractivity contribution is 1.47. The van der Waals surface area contributed by atoms with E-state index in [-0.39, 0.29) is 0 Å². The molecule has 0 amide bonds. The first-order valence-corrected chi connectivity index (χ1v) is 4.17. The Kier molecular flexibility index (Phi) is 2.71. The minimum atomic E-state index is 1.07. The summed E-state index contributed by atoms with van der Waals surface area (Å²) in [5, 5.41) is 3.10. The van der Waals surface area contributed by atoms with Crippen molar-refractivity contribution in [3.63, 3.8) is 0 Å². The van der Waals surface area contributed by atoms with Gasteiger partial charge in [-0.2, -0.15) is 0 Å². The van der Waals surface area contributed by atoms with Crippen molar-refractivity contribution in [3.8, 4) is 0 Å². The Morgan fingerprint density at radius 3 is 2.73 bits per heavy atom. The maximum Gasteiger partial charge on any atom is 0.0555 e. The van der Waals surface area contributed by atoms with Gasteiger partial charge >= 0.3 is 0 Å². The van der Waals surface area contributed by atoms with Crippen molar-refractivity contribution in [2.45, 2.75) is 0 Å². The standard InChI is InChI=1S/C9H10BrN/c1-3-7-5-4-6-8(10)9(7)11-2/h3-6,11H,1H2,2H3. The number of para-hydroxylation sites is 1. The molecule has 0 bridgehead atoms. The SMILES string of the molecule is C=Cc1cccc(Br)c1NC. The van der Waals surface area contributed by atoms with Crippen LogP contribution in [0.4, 0.5) is 5.69 Å². The average Bonchev–Trinajstić information content (AvgIpc) is 2.04. The number of hydrogen-bond donors (Lipinski definition) is 1. The number of hydrogen-bond acceptors (Lipinski definition) is 1. The summed E-state index contributed by atoms with van der Waals surface area (Å²) >= 11 is 3.44. The molecule has 1 rings (SSSR count). The van der Waals surface area contributed by atoms with E-state index in [0.29, 0.717) is 0 Å². The van der Waals surface area contributed by atoms with Crippen molar-refractivity contribution in [2.75, 3.05) is 12.4 Å². The molecule has 1 aromatic carbocycles. The van der Waals surface area contributed by atoms with E-state index in [1.54, 1.807) is 0 Å². The van der Waals surface area contributed by atoms with Gasteiger partial charge in [-0.1, -0.05) is 24.8 Å². The van der Waals surface area contributed by atoms with E-state index >= 15 is 0 Å². The Balaban J connectivity index is 3.23. The molecule has 1 aromatic rings. The zero-order valence-electron chi connectivity index (χ0n) is 6.39. The van der Waals surface area contributed by atoms with E-state index < -0.39 is 0 Å². The topological polar surface area (TPSA) is 12.0 Å². The zero-order chi connectivity index (χ0) is 8.27. The molecule has 2 heteroatoms. The van der Waals surface area contributed by atoms with Crippen molar-refractivity contribution in [3.05, 3.63) is 34.8 Å². The van der Waals surface area contributed by atoms with Gasteiger partial charge in [0, 0.05) is 11.5 Å². The molecule has 0 unspecified atom stereocenters. The molecule has 0 aliphatic rings. The molecular weight excluding hydrogens is 202 g/mol. The minimum absolute atomic E-state index is 1.07. The van der Waals surface area contributed by atoms with Crippen molar-refractivity contribution in [2.24, 2.45) is 0 Å². The molecular formula is C9H10BrN. The van der Waals surface area contributed by atoms with Crippen LogP contribution in [0.15, 0.2) is 29.3 Å². The molecule has 0 saturated heterocycles. The summed E-state index contributed by atoms with van der Waals surface area (Å²) in [5.74, 6) is 0. The van der Waals surface area contributed by atoms with Crippen molar-refractivity contribution < 1.29 is 0 Å². The first-order chi connectivity index (χ1) is 5.29. The fourth-order valence-electron chi connectivity index (χ4n) is 0.975. The van der Waals surface area contributed by atoms with Crippen LogP contribution < -0.4 is 5.32 Å². The molecule has 0 radical (unpaired) electrons. The van der Waals surface area contributed by atoms with Crippen molar-refractivity contribution >= 4 is 27.7 Å². The molecule has 0 aliphatic heterocycles. The van der Waals surface area contributed by atoms with Gasteiger partial charge in [-0.05, 0) is 27.6 Å². The van der Waals surface area contributed by atoms with Crippen LogP contribution in [0.1, 0.15) is 5.56 Å². The highest BCUT2D eigenvalue weighted by atomic mass is 79.9. The normalized spacial score (nSPS) is 9.27. The van der Waals surface area contributed by atoms with Gasteiger partial charge < -0.3 is 5.32 Å². The molecule has 0 heterocycles. The second-order valence-corrected chi connectivity index (χ2v) is 3.01. The molecule has 11 heavy (non-hydrogen) atoms. The maximum absolute atomic E-state index is 3.72. The van der Waals surface area contributed by atoms with E-state index in [1.807, 2.05) is 31.3 Å². The van der Waals surface area contributed by atoms with E-state index in [4.69, 9.17) is 0 Å². The Morgan fingerprint density at radius 2 is 2.27 bits per heavy atom. The van der Waals surface area contributed by atoms with Crippen LogP contribution in [0.25, 0.3) is 6.08 Å². The van der Waals surface area contributed by atoms with Gasteiger partial charge in [0.1, 0.15) is 0 Å². The van der Waals surface area contributed by atoms with Crippen LogP contribution in [0.5, 0.6) is 0 Å². The van der Waals surface area contributed by atoms with Gasteiger partial charge in [0.15, 0.2) is 0 Å². The van der Waals surface area contributed by atoms with E-state index in [1.165, 1.54) is 0 Å². The third-order valence-corrected chi connectivity index (χ3v) is 2.18. The summed E-state index contributed by atoms with van der Waals surface area (Å²) in [4.78, 5) is 0. The van der Waals surface area contributed by atoms with Crippen LogP contribution in [-0.2, 0) is 0 Å². The fourth-order valence-corrected chi connectivity index (χ4v) is 1.55. The molecule has 1 N–H and O–H groups in total. The van der Waals surface area contributed by atoms with Crippen LogP contribution in [-0.4, -0.2) is 7.05 Å². The third-order valence-electron chi connectivity index (χ3n) is 1.52. The summed E-state index contributed by atoms with van der Waals surface area (Å²) in [6, 6.07) is 6.00. The highest BCUT2D eigenvalue weighted by Gasteiger charge is 1.99. The lowest BCUT2D eigenvalue weighted by Crippen LogP contribution is -1.91. The van der Waals surface area contributed by atoms with Gasteiger partial charge in [-0.15, -0.1) is 0 Å². The van der Waals surface area contributed by atoms with Crippen molar-refractivity contribution in [1.29, 1.82) is 0 Å². The second-order valence-electron chi connectivity index (χ2n) is 2.16. The maximum atomic E-state index is 3.72. The van der Waals surface area contributed by atoms with Crippen LogP contribution in [0.2, 0.25) is 0 Å². The summed E-state index contributed by atoms with van der Waals surface area (Å²) in [6.07, 6.45) is 1.83. The highest BCUT2D eigenvalue weighted by molar-refractivity contribution is 9.10. The summed E-state index contributed by atoms with van der Waals surface area (Å²) in [5.41, 5.74) is 2.20. The molecule has 0 spiro atoms. The van der Waals surface area contributed by atoms with Gasteiger partial charge in [0.25, 0.3) is 0 Å². The highest BCUT2D eigenvalue weighted by Crippen LogP contribution is 2.26. The molecule has 0 aromatic heterocycles. The monoisotopic (exact) mass is 211 g/mol. The van der Waals surface area contributed by atoms with Gasteiger partial charge in [-0.3, -0.25) is 0 Å². The largest absolute Gasteiger partial charge is 0.387 e. The Bertz CT molecular complexity index is 268. The minimum Gasteiger partial charge on any atom is -0.387 e. The number of anilines is 1. The molecule has 0 aliphatic carbocycles. The Hall–Kier alpha value is -0.760. The average molecular weight is 212 g/mol. The number of halogens is 1. The number of benzene rings is 1. The lowest BCUT2D eigenvalue weighted by atomic mass is 10.2. The van der Waals surface area contributed by atoms with Gasteiger partial charge in [0.2, 0.25) is 0 Å². The quantitative estimate of drug-likeness (QED) is 0.793. The van der Waals surface area contributed by atoms with Crippen LogP contribution >= 0.6 is 15.9 Å². The first kappa shape index (κ1) is 8.34. The van der Waals surface area contributed by atoms with Crippen molar-refractivity contribution in [1.82, 2.24) is 0 Å². The van der Waals surface area contributed by atoms with E-state index in [9.17, 15) is 0 Å². The predicted molar refractivity (Wildman–Crippen MR) is 53.8 cm³/mol. The Labute approximate surface area is 75.3 Å². The molecule has 0 atom stereocenters. The smallest absolute Gasteiger partial charge is 0.0555 e. The first-order valence-electron chi connectivity index (χ1n) is 3.38.